The van der Waals surface area contributed by atoms with E-state index in [9.17, 15) is 0 Å². The number of allylic oxidation sites excluding steroid dienone is 2. The fourth-order valence-electron chi connectivity index (χ4n) is 5.00. The van der Waals surface area contributed by atoms with Crippen LogP contribution in [-0.4, -0.2) is 0 Å². The molecule has 1 heteroatoms. The first-order valence-electron chi connectivity index (χ1n) is 12.6. The molecule has 32 heavy (non-hydrogen) atoms. The highest BCUT2D eigenvalue weighted by Crippen LogP contribution is 2.41. The number of benzene rings is 2. The van der Waals surface area contributed by atoms with Gasteiger partial charge in [-0.3, -0.25) is 0 Å². The molecule has 0 atom stereocenters. The van der Waals surface area contributed by atoms with E-state index in [1.165, 1.54) is 73.0 Å². The SMILES string of the molecule is C=C(C)CC(CCC)(CCC)c1cc(C)ccc1C.CCCCC1=CN1c1ccccc1. The monoisotopic (exact) mass is 431 g/mol. The van der Waals surface area contributed by atoms with Crippen molar-refractivity contribution in [2.24, 2.45) is 0 Å². The van der Waals surface area contributed by atoms with Crippen LogP contribution in [0.15, 0.2) is 72.6 Å². The topological polar surface area (TPSA) is 3.01 Å². The number of nitrogens with zero attached hydrogens (tertiary/aromatic N) is 1. The first kappa shape index (κ1) is 26.0. The van der Waals surface area contributed by atoms with Crippen LogP contribution < -0.4 is 4.90 Å². The highest BCUT2D eigenvalue weighted by molar-refractivity contribution is 5.64. The third-order valence-electron chi connectivity index (χ3n) is 6.40. The molecule has 2 aromatic rings. The zero-order valence-corrected chi connectivity index (χ0v) is 21.5. The fraction of sp³-hybridized carbons (Fsp3) is 0.484. The Morgan fingerprint density at radius 3 is 2.12 bits per heavy atom. The molecule has 1 heterocycles. The van der Waals surface area contributed by atoms with Crippen LogP contribution in [0.4, 0.5) is 5.69 Å². The minimum absolute atomic E-state index is 0.297. The lowest BCUT2D eigenvalue weighted by Crippen LogP contribution is -2.27. The van der Waals surface area contributed by atoms with Gasteiger partial charge < -0.3 is 4.90 Å². The number of aryl methyl sites for hydroxylation is 2. The van der Waals surface area contributed by atoms with E-state index < -0.39 is 0 Å². The van der Waals surface area contributed by atoms with E-state index in [0.717, 1.165) is 6.42 Å². The molecule has 0 aromatic heterocycles. The lowest BCUT2D eigenvalue weighted by atomic mass is 9.68. The molecular formula is C31H45N. The van der Waals surface area contributed by atoms with Gasteiger partial charge in [-0.25, -0.2) is 0 Å². The molecule has 0 N–H and O–H groups in total. The van der Waals surface area contributed by atoms with Crippen LogP contribution in [0.3, 0.4) is 0 Å². The van der Waals surface area contributed by atoms with Crippen LogP contribution in [0.1, 0.15) is 95.8 Å². The van der Waals surface area contributed by atoms with Crippen LogP contribution in [0.25, 0.3) is 0 Å². The van der Waals surface area contributed by atoms with Crippen LogP contribution >= 0.6 is 0 Å². The third-order valence-corrected chi connectivity index (χ3v) is 6.40. The van der Waals surface area contributed by atoms with Crippen LogP contribution in [0.5, 0.6) is 0 Å². The van der Waals surface area contributed by atoms with Crippen molar-refractivity contribution in [3.8, 4) is 0 Å². The second-order valence-electron chi connectivity index (χ2n) is 9.66. The molecule has 0 bridgehead atoms. The molecule has 0 amide bonds. The van der Waals surface area contributed by atoms with E-state index >= 15 is 0 Å². The molecule has 3 rings (SSSR count). The Morgan fingerprint density at radius 1 is 0.906 bits per heavy atom. The van der Waals surface area contributed by atoms with Crippen molar-refractivity contribution in [2.45, 2.75) is 98.3 Å². The summed E-state index contributed by atoms with van der Waals surface area (Å²) in [6.07, 6.45) is 12.2. The zero-order valence-electron chi connectivity index (χ0n) is 21.5. The molecule has 0 fully saturated rings. The second-order valence-corrected chi connectivity index (χ2v) is 9.66. The van der Waals surface area contributed by atoms with Crippen molar-refractivity contribution < 1.29 is 0 Å². The number of para-hydroxylation sites is 1. The van der Waals surface area contributed by atoms with E-state index in [0.29, 0.717) is 5.41 Å². The lowest BCUT2D eigenvalue weighted by molar-refractivity contribution is 0.350. The van der Waals surface area contributed by atoms with Crippen molar-refractivity contribution >= 4 is 5.69 Å². The van der Waals surface area contributed by atoms with E-state index in [1.54, 1.807) is 5.56 Å². The van der Waals surface area contributed by atoms with Gasteiger partial charge in [-0.1, -0.05) is 87.6 Å². The lowest BCUT2D eigenvalue weighted by Gasteiger charge is -2.36. The quantitative estimate of drug-likeness (QED) is 0.320. The Hall–Kier alpha value is -2.28. The highest BCUT2D eigenvalue weighted by Gasteiger charge is 2.31. The van der Waals surface area contributed by atoms with Gasteiger partial charge in [0.15, 0.2) is 0 Å². The highest BCUT2D eigenvalue weighted by atomic mass is 15.2. The molecule has 0 saturated carbocycles. The van der Waals surface area contributed by atoms with Crippen molar-refractivity contribution in [3.63, 3.8) is 0 Å². The molecule has 2 aromatic carbocycles. The fourth-order valence-corrected chi connectivity index (χ4v) is 5.00. The van der Waals surface area contributed by atoms with Crippen molar-refractivity contribution in [2.75, 3.05) is 4.90 Å². The van der Waals surface area contributed by atoms with E-state index in [-0.39, 0.29) is 0 Å². The van der Waals surface area contributed by atoms with Crippen molar-refractivity contribution in [1.82, 2.24) is 0 Å². The molecule has 0 spiro atoms. The molecule has 0 saturated heterocycles. The minimum atomic E-state index is 0.297. The number of unbranched alkanes of at least 4 members (excludes halogenated alkanes) is 1. The van der Waals surface area contributed by atoms with Crippen LogP contribution in [0.2, 0.25) is 0 Å². The average Bonchev–Trinajstić information content (AvgIpc) is 3.54. The number of hydrogen-bond donors (Lipinski definition) is 0. The summed E-state index contributed by atoms with van der Waals surface area (Å²) in [4.78, 5) is 2.27. The molecule has 0 aliphatic carbocycles. The Kier molecular flexibility index (Phi) is 10.3. The first-order chi connectivity index (χ1) is 15.4. The minimum Gasteiger partial charge on any atom is -0.318 e. The standard InChI is InChI=1S/C19H30.C12H15N/c1-7-11-19(12-8-2,14-15(3)4)18-13-16(5)9-10-17(18)6;1-2-3-7-12-10-13(12)11-8-5-4-6-9-11/h9-10,13H,3,7-8,11-12,14H2,1-2,4-6H3;4-6,8-10H,2-3,7H2,1H3. The molecule has 1 aliphatic heterocycles. The molecule has 174 valence electrons. The Labute approximate surface area is 198 Å². The van der Waals surface area contributed by atoms with Gasteiger partial charge >= 0.3 is 0 Å². The summed E-state index contributed by atoms with van der Waals surface area (Å²) in [6.45, 7) is 17.6. The summed E-state index contributed by atoms with van der Waals surface area (Å²) < 4.78 is 0. The van der Waals surface area contributed by atoms with Gasteiger partial charge in [0, 0.05) is 17.6 Å². The predicted octanol–water partition coefficient (Wildman–Crippen LogP) is 9.65. The van der Waals surface area contributed by atoms with Gasteiger partial charge in [-0.05, 0) is 81.5 Å². The molecular weight excluding hydrogens is 386 g/mol. The van der Waals surface area contributed by atoms with Gasteiger partial charge in [0.05, 0.1) is 0 Å². The largest absolute Gasteiger partial charge is 0.318 e. The smallest absolute Gasteiger partial charge is 0.0453 e. The third kappa shape index (κ3) is 7.40. The molecule has 1 aliphatic rings. The summed E-state index contributed by atoms with van der Waals surface area (Å²) in [6, 6.07) is 17.4. The maximum absolute atomic E-state index is 4.18. The van der Waals surface area contributed by atoms with Crippen molar-refractivity contribution in [1.29, 1.82) is 0 Å². The summed E-state index contributed by atoms with van der Waals surface area (Å²) in [7, 11) is 0. The van der Waals surface area contributed by atoms with Gasteiger partial charge in [0.1, 0.15) is 0 Å². The summed E-state index contributed by atoms with van der Waals surface area (Å²) in [5.74, 6) is 0. The maximum Gasteiger partial charge on any atom is 0.0453 e. The normalized spacial score (nSPS) is 12.7. The van der Waals surface area contributed by atoms with Crippen LogP contribution in [-0.2, 0) is 5.41 Å². The van der Waals surface area contributed by atoms with E-state index in [4.69, 9.17) is 0 Å². The Bertz CT molecular complexity index is 869. The summed E-state index contributed by atoms with van der Waals surface area (Å²) >= 11 is 0. The summed E-state index contributed by atoms with van der Waals surface area (Å²) in [5.41, 5.74) is 8.75. The molecule has 0 unspecified atom stereocenters. The van der Waals surface area contributed by atoms with Gasteiger partial charge in [-0.15, -0.1) is 6.58 Å². The number of anilines is 1. The molecule has 1 nitrogen and oxygen atoms in total. The maximum atomic E-state index is 4.18. The average molecular weight is 432 g/mol. The predicted molar refractivity (Wildman–Crippen MR) is 143 cm³/mol. The second kappa shape index (κ2) is 12.7. The van der Waals surface area contributed by atoms with Crippen molar-refractivity contribution in [3.05, 3.63) is 89.3 Å². The first-order valence-corrected chi connectivity index (χ1v) is 12.6. The van der Waals surface area contributed by atoms with Gasteiger partial charge in [0.25, 0.3) is 0 Å². The number of hydrogen-bond acceptors (Lipinski definition) is 1. The summed E-state index contributed by atoms with van der Waals surface area (Å²) in [5, 5.41) is 0. The van der Waals surface area contributed by atoms with Crippen LogP contribution in [0, 0.1) is 13.8 Å². The Morgan fingerprint density at radius 2 is 1.56 bits per heavy atom. The van der Waals surface area contributed by atoms with Gasteiger partial charge in [0.2, 0.25) is 0 Å². The zero-order chi connectivity index (χ0) is 23.6. The van der Waals surface area contributed by atoms with Gasteiger partial charge in [-0.2, -0.15) is 0 Å². The number of rotatable bonds is 11. The molecule has 0 radical (unpaired) electrons. The Balaban J connectivity index is 0.000000242. The van der Waals surface area contributed by atoms with E-state index in [2.05, 4.69) is 108 Å². The van der Waals surface area contributed by atoms with E-state index in [1.807, 2.05) is 0 Å².